The van der Waals surface area contributed by atoms with Gasteiger partial charge in [0, 0.05) is 12.3 Å². The first kappa shape index (κ1) is 14.0. The highest BCUT2D eigenvalue weighted by molar-refractivity contribution is 7.13. The Morgan fingerprint density at radius 3 is 2.71 bits per heavy atom. The molecule has 3 N–H and O–H groups in total. The largest absolute Gasteiger partial charge is 0.497 e. The van der Waals surface area contributed by atoms with Crippen molar-refractivity contribution in [2.24, 2.45) is 5.84 Å². The molecule has 21 heavy (non-hydrogen) atoms. The number of hydrazine groups is 1. The smallest absolute Gasteiger partial charge is 0.277 e. The predicted octanol–water partition coefficient (Wildman–Crippen LogP) is 2.22. The molecule has 1 aliphatic carbocycles. The van der Waals surface area contributed by atoms with Gasteiger partial charge in [0.15, 0.2) is 0 Å². The maximum Gasteiger partial charge on any atom is 0.277 e. The second kappa shape index (κ2) is 5.83. The molecule has 6 heteroatoms. The highest BCUT2D eigenvalue weighted by atomic mass is 32.1. The third-order valence-corrected chi connectivity index (χ3v) is 4.58. The lowest BCUT2D eigenvalue weighted by molar-refractivity contribution is 0.0956. The Morgan fingerprint density at radius 1 is 1.43 bits per heavy atom. The summed E-state index contributed by atoms with van der Waals surface area (Å²) in [4.78, 5) is 17.1. The fraction of sp³-hybridized carbons (Fsp3) is 0.333. The summed E-state index contributed by atoms with van der Waals surface area (Å²) in [6.45, 7) is 0. The summed E-state index contributed by atoms with van der Waals surface area (Å²) < 4.78 is 5.15. The number of nitrogens with two attached hydrogens (primary N) is 1. The van der Waals surface area contributed by atoms with Crippen LogP contribution < -0.4 is 16.0 Å². The number of ether oxygens (including phenoxy) is 1. The summed E-state index contributed by atoms with van der Waals surface area (Å²) in [6, 6.07) is 7.88. The minimum Gasteiger partial charge on any atom is -0.497 e. The molecular formula is C15H17N3O2S. The number of methoxy groups -OCH3 is 1. The number of rotatable bonds is 5. The van der Waals surface area contributed by atoms with E-state index in [4.69, 9.17) is 10.6 Å². The fourth-order valence-electron chi connectivity index (χ4n) is 2.23. The standard InChI is InChI=1S/C15H17N3O2S/c1-20-11-6-2-9(3-7-11)8-12-17-13(10-4-5-10)14(21-12)15(19)18-16/h2-3,6-7,10H,4-5,8,16H2,1H3,(H,18,19). The second-order valence-corrected chi connectivity index (χ2v) is 6.18. The lowest BCUT2D eigenvalue weighted by atomic mass is 10.1. The molecule has 1 fully saturated rings. The maximum atomic E-state index is 11.8. The molecule has 0 bridgehead atoms. The lowest BCUT2D eigenvalue weighted by Gasteiger charge is -2.01. The van der Waals surface area contributed by atoms with Gasteiger partial charge in [-0.05, 0) is 30.5 Å². The van der Waals surface area contributed by atoms with E-state index in [1.165, 1.54) is 11.3 Å². The lowest BCUT2D eigenvalue weighted by Crippen LogP contribution is -2.30. The normalized spacial score (nSPS) is 14.0. The SMILES string of the molecule is COc1ccc(Cc2nc(C3CC3)c(C(=O)NN)s2)cc1. The molecule has 0 unspecified atom stereocenters. The highest BCUT2D eigenvalue weighted by Crippen LogP contribution is 2.42. The average Bonchev–Trinajstić information content (AvgIpc) is 3.28. The van der Waals surface area contributed by atoms with E-state index in [0.717, 1.165) is 34.9 Å². The highest BCUT2D eigenvalue weighted by Gasteiger charge is 2.31. The third-order valence-electron chi connectivity index (χ3n) is 3.51. The Morgan fingerprint density at radius 2 is 2.14 bits per heavy atom. The number of aromatic nitrogens is 1. The van der Waals surface area contributed by atoms with Gasteiger partial charge in [-0.15, -0.1) is 11.3 Å². The molecule has 0 atom stereocenters. The van der Waals surface area contributed by atoms with E-state index in [9.17, 15) is 4.79 Å². The molecule has 1 heterocycles. The van der Waals surface area contributed by atoms with Gasteiger partial charge >= 0.3 is 0 Å². The Labute approximate surface area is 127 Å². The molecule has 3 rings (SSSR count). The molecule has 0 aliphatic heterocycles. The van der Waals surface area contributed by atoms with E-state index >= 15 is 0 Å². The first-order valence-electron chi connectivity index (χ1n) is 6.84. The van der Waals surface area contributed by atoms with Crippen LogP contribution in [0.25, 0.3) is 0 Å². The Kier molecular flexibility index (Phi) is 3.90. The molecule has 1 aromatic heterocycles. The number of hydrogen-bond acceptors (Lipinski definition) is 5. The van der Waals surface area contributed by atoms with Crippen molar-refractivity contribution in [1.82, 2.24) is 10.4 Å². The summed E-state index contributed by atoms with van der Waals surface area (Å²) in [7, 11) is 1.65. The zero-order valence-electron chi connectivity index (χ0n) is 11.8. The molecule has 1 saturated carbocycles. The number of carbonyl (C=O) groups is 1. The van der Waals surface area contributed by atoms with Gasteiger partial charge in [-0.3, -0.25) is 10.2 Å². The van der Waals surface area contributed by atoms with Crippen molar-refractivity contribution in [2.75, 3.05) is 7.11 Å². The average molecular weight is 303 g/mol. The van der Waals surface area contributed by atoms with Crippen molar-refractivity contribution < 1.29 is 9.53 Å². The van der Waals surface area contributed by atoms with Crippen molar-refractivity contribution >= 4 is 17.2 Å². The van der Waals surface area contributed by atoms with Crippen LogP contribution in [-0.4, -0.2) is 18.0 Å². The van der Waals surface area contributed by atoms with Crippen molar-refractivity contribution in [2.45, 2.75) is 25.2 Å². The number of benzene rings is 1. The van der Waals surface area contributed by atoms with Crippen LogP contribution >= 0.6 is 11.3 Å². The van der Waals surface area contributed by atoms with Crippen molar-refractivity contribution in [3.05, 3.63) is 45.4 Å². The second-order valence-electron chi connectivity index (χ2n) is 5.09. The van der Waals surface area contributed by atoms with E-state index in [1.807, 2.05) is 24.3 Å². The van der Waals surface area contributed by atoms with Gasteiger partial charge in [0.2, 0.25) is 0 Å². The number of nitrogens with zero attached hydrogens (tertiary/aromatic N) is 1. The van der Waals surface area contributed by atoms with Crippen LogP contribution in [-0.2, 0) is 6.42 Å². The maximum absolute atomic E-state index is 11.8. The number of nitrogen functional groups attached to an aromatic ring is 1. The van der Waals surface area contributed by atoms with E-state index in [2.05, 4.69) is 10.4 Å². The third kappa shape index (κ3) is 3.06. The van der Waals surface area contributed by atoms with E-state index < -0.39 is 0 Å². The molecule has 5 nitrogen and oxygen atoms in total. The van der Waals surface area contributed by atoms with Gasteiger partial charge in [-0.25, -0.2) is 10.8 Å². The molecule has 1 aliphatic rings. The molecule has 110 valence electrons. The van der Waals surface area contributed by atoms with Crippen molar-refractivity contribution in [3.8, 4) is 5.75 Å². The monoisotopic (exact) mass is 303 g/mol. The molecule has 1 amide bonds. The summed E-state index contributed by atoms with van der Waals surface area (Å²) >= 11 is 1.43. The van der Waals surface area contributed by atoms with Crippen LogP contribution in [0.5, 0.6) is 5.75 Å². The first-order chi connectivity index (χ1) is 10.2. The Hall–Kier alpha value is -1.92. The summed E-state index contributed by atoms with van der Waals surface area (Å²) in [5.41, 5.74) is 4.27. The van der Waals surface area contributed by atoms with Gasteiger partial charge in [-0.1, -0.05) is 12.1 Å². The van der Waals surface area contributed by atoms with Crippen LogP contribution in [0.4, 0.5) is 0 Å². The quantitative estimate of drug-likeness (QED) is 0.504. The van der Waals surface area contributed by atoms with E-state index in [1.54, 1.807) is 7.11 Å². The van der Waals surface area contributed by atoms with E-state index in [-0.39, 0.29) is 5.91 Å². The van der Waals surface area contributed by atoms with Gasteiger partial charge in [-0.2, -0.15) is 0 Å². The van der Waals surface area contributed by atoms with Crippen molar-refractivity contribution in [3.63, 3.8) is 0 Å². The predicted molar refractivity (Wildman–Crippen MR) is 81.5 cm³/mol. The number of carbonyl (C=O) groups excluding carboxylic acids is 1. The Bertz CT molecular complexity index is 647. The molecule has 1 aromatic carbocycles. The number of amides is 1. The first-order valence-corrected chi connectivity index (χ1v) is 7.66. The minimum absolute atomic E-state index is 0.240. The van der Waals surface area contributed by atoms with Crippen molar-refractivity contribution in [1.29, 1.82) is 0 Å². The topological polar surface area (TPSA) is 77.2 Å². The molecular weight excluding hydrogens is 286 g/mol. The van der Waals surface area contributed by atoms with Crippen LogP contribution in [0.3, 0.4) is 0 Å². The summed E-state index contributed by atoms with van der Waals surface area (Å²) in [6.07, 6.45) is 2.93. The number of thiazole rings is 1. The molecule has 0 spiro atoms. The zero-order valence-corrected chi connectivity index (χ0v) is 12.6. The summed E-state index contributed by atoms with van der Waals surface area (Å²) in [5, 5.41) is 0.945. The van der Waals surface area contributed by atoms with Gasteiger partial charge in [0.1, 0.15) is 10.6 Å². The summed E-state index contributed by atoms with van der Waals surface area (Å²) in [5.74, 6) is 6.27. The minimum atomic E-state index is -0.240. The van der Waals surface area contributed by atoms with E-state index in [0.29, 0.717) is 17.2 Å². The zero-order chi connectivity index (χ0) is 14.8. The molecule has 0 radical (unpaired) electrons. The number of hydrogen-bond donors (Lipinski definition) is 2. The van der Waals surface area contributed by atoms with Crippen LogP contribution in [0.1, 0.15) is 44.7 Å². The van der Waals surface area contributed by atoms with Crippen LogP contribution in [0.2, 0.25) is 0 Å². The van der Waals surface area contributed by atoms with Crippen LogP contribution in [0.15, 0.2) is 24.3 Å². The van der Waals surface area contributed by atoms with Gasteiger partial charge in [0.05, 0.1) is 17.8 Å². The van der Waals surface area contributed by atoms with Gasteiger partial charge < -0.3 is 4.74 Å². The van der Waals surface area contributed by atoms with Crippen LogP contribution in [0, 0.1) is 0 Å². The fourth-order valence-corrected chi connectivity index (χ4v) is 3.32. The molecule has 0 saturated heterocycles. The molecule has 2 aromatic rings. The Balaban J connectivity index is 1.83. The van der Waals surface area contributed by atoms with Gasteiger partial charge in [0.25, 0.3) is 5.91 Å². The number of nitrogens with one attached hydrogen (secondary N) is 1.